The predicted molar refractivity (Wildman–Crippen MR) is 94.4 cm³/mol. The van der Waals surface area contributed by atoms with Crippen LogP contribution in [0.5, 0.6) is 0 Å². The van der Waals surface area contributed by atoms with E-state index in [1.807, 2.05) is 31.3 Å². The number of rotatable bonds is 5. The largest absolute Gasteiger partial charge is 0.372 e. The van der Waals surface area contributed by atoms with Gasteiger partial charge in [0, 0.05) is 17.0 Å². The van der Waals surface area contributed by atoms with E-state index in [1.165, 1.54) is 0 Å². The van der Waals surface area contributed by atoms with Gasteiger partial charge in [-0.25, -0.2) is 9.97 Å². The zero-order chi connectivity index (χ0) is 15.4. The zero-order valence-electron chi connectivity index (χ0n) is 12.2. The van der Waals surface area contributed by atoms with E-state index in [1.54, 1.807) is 11.8 Å². The molecule has 0 radical (unpaired) electrons. The van der Waals surface area contributed by atoms with Crippen LogP contribution in [0.2, 0.25) is 5.02 Å². The Balaban J connectivity index is 2.19. The number of benzene rings is 1. The molecule has 2 rings (SSSR count). The van der Waals surface area contributed by atoms with Gasteiger partial charge >= 0.3 is 0 Å². The number of aromatic nitrogens is 2. The van der Waals surface area contributed by atoms with E-state index < -0.39 is 0 Å². The lowest BCUT2D eigenvalue weighted by Crippen LogP contribution is -2.06. The molecule has 0 amide bonds. The maximum atomic E-state index is 5.89. The summed E-state index contributed by atoms with van der Waals surface area (Å²) in [5.41, 5.74) is 1.03. The molecule has 0 aliphatic rings. The summed E-state index contributed by atoms with van der Waals surface area (Å²) in [5, 5.41) is 3.86. The SMILES string of the molecule is CNc1nc(CSc2ccc(Cl)cc2)nc(C(C)C)c1Br. The normalized spacial score (nSPS) is 11.0. The van der Waals surface area contributed by atoms with Gasteiger partial charge in [-0.2, -0.15) is 0 Å². The Hall–Kier alpha value is -0.780. The molecule has 0 bridgehead atoms. The van der Waals surface area contributed by atoms with Gasteiger partial charge in [-0.1, -0.05) is 25.4 Å². The summed E-state index contributed by atoms with van der Waals surface area (Å²) in [5.74, 6) is 2.73. The second-order valence-corrected chi connectivity index (χ2v) is 7.11. The minimum absolute atomic E-state index is 0.341. The summed E-state index contributed by atoms with van der Waals surface area (Å²) < 4.78 is 0.945. The first-order valence-corrected chi connectivity index (χ1v) is 8.79. The van der Waals surface area contributed by atoms with Crippen molar-refractivity contribution in [2.45, 2.75) is 30.4 Å². The Labute approximate surface area is 143 Å². The minimum Gasteiger partial charge on any atom is -0.372 e. The van der Waals surface area contributed by atoms with Crippen molar-refractivity contribution in [1.82, 2.24) is 9.97 Å². The van der Waals surface area contributed by atoms with E-state index >= 15 is 0 Å². The maximum absolute atomic E-state index is 5.89. The van der Waals surface area contributed by atoms with Crippen LogP contribution < -0.4 is 5.32 Å². The second-order valence-electron chi connectivity index (χ2n) is 4.83. The van der Waals surface area contributed by atoms with Gasteiger partial charge in [-0.05, 0) is 46.1 Å². The molecule has 21 heavy (non-hydrogen) atoms. The third-order valence-electron chi connectivity index (χ3n) is 2.89. The van der Waals surface area contributed by atoms with Gasteiger partial charge in [0.1, 0.15) is 11.6 Å². The molecule has 1 aromatic carbocycles. The fraction of sp³-hybridized carbons (Fsp3) is 0.333. The van der Waals surface area contributed by atoms with Gasteiger partial charge in [-0.15, -0.1) is 11.8 Å². The van der Waals surface area contributed by atoms with Crippen LogP contribution in [-0.2, 0) is 5.75 Å². The Kier molecular flexibility index (Phi) is 5.90. The summed E-state index contributed by atoms with van der Waals surface area (Å²) in [6, 6.07) is 7.80. The molecular formula is C15H17BrClN3S. The van der Waals surface area contributed by atoms with Crippen molar-refractivity contribution < 1.29 is 0 Å². The maximum Gasteiger partial charge on any atom is 0.144 e. The van der Waals surface area contributed by atoms with Gasteiger partial charge in [0.2, 0.25) is 0 Å². The van der Waals surface area contributed by atoms with Crippen LogP contribution in [-0.4, -0.2) is 17.0 Å². The Morgan fingerprint density at radius 2 is 1.90 bits per heavy atom. The fourth-order valence-electron chi connectivity index (χ4n) is 1.80. The molecule has 3 nitrogen and oxygen atoms in total. The molecule has 1 heterocycles. The zero-order valence-corrected chi connectivity index (χ0v) is 15.3. The molecule has 2 aromatic rings. The molecule has 0 saturated carbocycles. The van der Waals surface area contributed by atoms with Crippen LogP contribution in [0.3, 0.4) is 0 Å². The molecule has 0 saturated heterocycles. The molecule has 1 N–H and O–H groups in total. The van der Waals surface area contributed by atoms with E-state index in [4.69, 9.17) is 11.6 Å². The molecule has 112 valence electrons. The average molecular weight is 387 g/mol. The highest BCUT2D eigenvalue weighted by Gasteiger charge is 2.14. The summed E-state index contributed by atoms with van der Waals surface area (Å²) in [4.78, 5) is 10.4. The van der Waals surface area contributed by atoms with Crippen LogP contribution in [0, 0.1) is 0 Å². The van der Waals surface area contributed by atoms with Crippen molar-refractivity contribution in [1.29, 1.82) is 0 Å². The third-order valence-corrected chi connectivity index (χ3v) is 4.93. The molecule has 0 fully saturated rings. The van der Waals surface area contributed by atoms with E-state index in [2.05, 4.69) is 45.1 Å². The van der Waals surface area contributed by atoms with Crippen molar-refractivity contribution in [2.24, 2.45) is 0 Å². The predicted octanol–water partition coefficient (Wildman–Crippen LogP) is 5.35. The summed E-state index contributed by atoms with van der Waals surface area (Å²) in [7, 11) is 1.87. The standard InChI is InChI=1S/C15H17BrClN3S/c1-9(2)14-13(16)15(18-3)20-12(19-14)8-21-11-6-4-10(17)5-7-11/h4-7,9H,8H2,1-3H3,(H,18,19,20). The topological polar surface area (TPSA) is 37.8 Å². The second kappa shape index (κ2) is 7.47. The smallest absolute Gasteiger partial charge is 0.144 e. The first-order chi connectivity index (χ1) is 10.0. The molecular weight excluding hydrogens is 370 g/mol. The van der Waals surface area contributed by atoms with Crippen molar-refractivity contribution in [3.05, 3.63) is 45.3 Å². The van der Waals surface area contributed by atoms with Gasteiger partial charge in [0.15, 0.2) is 0 Å². The number of anilines is 1. The Morgan fingerprint density at radius 3 is 2.48 bits per heavy atom. The molecule has 0 atom stereocenters. The lowest BCUT2D eigenvalue weighted by molar-refractivity contribution is 0.793. The Bertz CT molecular complexity index is 617. The average Bonchev–Trinajstić information content (AvgIpc) is 2.47. The lowest BCUT2D eigenvalue weighted by Gasteiger charge is -2.13. The van der Waals surface area contributed by atoms with Gasteiger partial charge in [-0.3, -0.25) is 0 Å². The first kappa shape index (κ1) is 16.6. The highest BCUT2D eigenvalue weighted by molar-refractivity contribution is 9.10. The number of nitrogens with zero attached hydrogens (tertiary/aromatic N) is 2. The van der Waals surface area contributed by atoms with Crippen LogP contribution in [0.15, 0.2) is 33.6 Å². The fourth-order valence-corrected chi connectivity index (χ4v) is 3.52. The molecule has 0 spiro atoms. The minimum atomic E-state index is 0.341. The molecule has 0 unspecified atom stereocenters. The van der Waals surface area contributed by atoms with Gasteiger partial charge < -0.3 is 5.32 Å². The van der Waals surface area contributed by atoms with E-state index in [9.17, 15) is 0 Å². The van der Waals surface area contributed by atoms with Crippen LogP contribution in [0.4, 0.5) is 5.82 Å². The summed E-state index contributed by atoms with van der Waals surface area (Å²) in [6.07, 6.45) is 0. The number of thioether (sulfide) groups is 1. The van der Waals surface area contributed by atoms with Crippen LogP contribution in [0.1, 0.15) is 31.3 Å². The van der Waals surface area contributed by atoms with Crippen molar-refractivity contribution in [2.75, 3.05) is 12.4 Å². The molecule has 0 aliphatic carbocycles. The van der Waals surface area contributed by atoms with Crippen molar-refractivity contribution in [3.63, 3.8) is 0 Å². The molecule has 0 aliphatic heterocycles. The number of hydrogen-bond donors (Lipinski definition) is 1. The number of hydrogen-bond acceptors (Lipinski definition) is 4. The van der Waals surface area contributed by atoms with Crippen molar-refractivity contribution in [3.8, 4) is 0 Å². The Morgan fingerprint density at radius 1 is 1.24 bits per heavy atom. The monoisotopic (exact) mass is 385 g/mol. The third kappa shape index (κ3) is 4.34. The number of halogens is 2. The molecule has 6 heteroatoms. The first-order valence-electron chi connectivity index (χ1n) is 6.63. The van der Waals surface area contributed by atoms with E-state index in [0.29, 0.717) is 5.92 Å². The van der Waals surface area contributed by atoms with Crippen LogP contribution >= 0.6 is 39.3 Å². The van der Waals surface area contributed by atoms with Crippen LogP contribution in [0.25, 0.3) is 0 Å². The highest BCUT2D eigenvalue weighted by Crippen LogP contribution is 2.30. The van der Waals surface area contributed by atoms with Gasteiger partial charge in [0.25, 0.3) is 0 Å². The van der Waals surface area contributed by atoms with Crippen molar-refractivity contribution >= 4 is 45.1 Å². The van der Waals surface area contributed by atoms with Gasteiger partial charge in [0.05, 0.1) is 15.9 Å². The van der Waals surface area contributed by atoms with E-state index in [-0.39, 0.29) is 0 Å². The quantitative estimate of drug-likeness (QED) is 0.703. The number of nitrogens with one attached hydrogen (secondary N) is 1. The summed E-state index contributed by atoms with van der Waals surface area (Å²) >= 11 is 11.2. The molecule has 1 aromatic heterocycles. The van der Waals surface area contributed by atoms with E-state index in [0.717, 1.165) is 37.5 Å². The lowest BCUT2D eigenvalue weighted by atomic mass is 10.1. The summed E-state index contributed by atoms with van der Waals surface area (Å²) in [6.45, 7) is 4.26. The highest BCUT2D eigenvalue weighted by atomic mass is 79.9.